The van der Waals surface area contributed by atoms with Crippen LogP contribution in [-0.4, -0.2) is 36.6 Å². The van der Waals surface area contributed by atoms with Crippen molar-refractivity contribution in [3.63, 3.8) is 0 Å². The molecule has 0 saturated heterocycles. The molecule has 3 amide bonds. The largest absolute Gasteiger partial charge is 0.321 e. The van der Waals surface area contributed by atoms with Gasteiger partial charge in [-0.3, -0.25) is 9.59 Å². The molecule has 0 spiro atoms. The van der Waals surface area contributed by atoms with Gasteiger partial charge < -0.3 is 15.5 Å². The summed E-state index contributed by atoms with van der Waals surface area (Å²) in [7, 11) is 1.58. The minimum Gasteiger partial charge on any atom is -0.311 e. The van der Waals surface area contributed by atoms with Crippen molar-refractivity contribution in [3.05, 3.63) is 131 Å². The number of hydrogen-bond acceptors (Lipinski definition) is 4. The molecule has 0 bridgehead atoms. The summed E-state index contributed by atoms with van der Waals surface area (Å²) < 4.78 is 14.8. The van der Waals surface area contributed by atoms with Gasteiger partial charge >= 0.3 is 6.03 Å². The number of urea groups is 1. The lowest BCUT2D eigenvalue weighted by atomic mass is 10.00. The quantitative estimate of drug-likeness (QED) is 0.373. The number of halogens is 1. The van der Waals surface area contributed by atoms with E-state index in [1.165, 1.54) is 11.0 Å². The summed E-state index contributed by atoms with van der Waals surface area (Å²) in [5.74, 6) is -1.11. The summed E-state index contributed by atoms with van der Waals surface area (Å²) in [6.45, 7) is 0. The molecule has 7 nitrogen and oxygen atoms in total. The number of rotatable bonds is 5. The normalized spacial score (nSPS) is 14.7. The van der Waals surface area contributed by atoms with Gasteiger partial charge in [0.15, 0.2) is 5.78 Å². The first-order valence-corrected chi connectivity index (χ1v) is 11.9. The molecular formula is C30H23FN4O3. The third-order valence-electron chi connectivity index (χ3n) is 6.18. The van der Waals surface area contributed by atoms with Gasteiger partial charge in [-0.2, -0.15) is 0 Å². The van der Waals surface area contributed by atoms with Crippen molar-refractivity contribution in [1.82, 2.24) is 5.32 Å². The Kier molecular flexibility index (Phi) is 6.78. The van der Waals surface area contributed by atoms with Gasteiger partial charge in [0, 0.05) is 35.0 Å². The highest BCUT2D eigenvalue weighted by molar-refractivity contribution is 6.20. The first-order valence-electron chi connectivity index (χ1n) is 11.9. The highest BCUT2D eigenvalue weighted by atomic mass is 19.1. The van der Waals surface area contributed by atoms with Gasteiger partial charge in [-0.05, 0) is 42.5 Å². The minimum absolute atomic E-state index is 0.136. The van der Waals surface area contributed by atoms with E-state index in [-0.39, 0.29) is 17.1 Å². The van der Waals surface area contributed by atoms with Crippen LogP contribution in [0.5, 0.6) is 0 Å². The summed E-state index contributed by atoms with van der Waals surface area (Å²) >= 11 is 0. The van der Waals surface area contributed by atoms with Crippen LogP contribution in [0.1, 0.15) is 27.0 Å². The number of nitrogens with one attached hydrogen (secondary N) is 2. The molecule has 0 aromatic heterocycles. The lowest BCUT2D eigenvalue weighted by molar-refractivity contribution is -0.119. The third kappa shape index (κ3) is 4.92. The Morgan fingerprint density at radius 1 is 0.789 bits per heavy atom. The van der Waals surface area contributed by atoms with E-state index in [0.717, 1.165) is 0 Å². The molecule has 38 heavy (non-hydrogen) atoms. The van der Waals surface area contributed by atoms with Crippen molar-refractivity contribution in [2.45, 2.75) is 6.17 Å². The van der Waals surface area contributed by atoms with E-state index in [1.54, 1.807) is 98.0 Å². The van der Waals surface area contributed by atoms with E-state index in [2.05, 4.69) is 15.6 Å². The van der Waals surface area contributed by atoms with Crippen molar-refractivity contribution >= 4 is 34.8 Å². The zero-order valence-corrected chi connectivity index (χ0v) is 20.4. The molecule has 0 aliphatic carbocycles. The van der Waals surface area contributed by atoms with Crippen LogP contribution in [0.3, 0.4) is 0 Å². The highest BCUT2D eigenvalue weighted by Crippen LogP contribution is 2.28. The van der Waals surface area contributed by atoms with E-state index in [0.29, 0.717) is 28.1 Å². The molecule has 1 unspecified atom stereocenters. The van der Waals surface area contributed by atoms with Crippen molar-refractivity contribution in [3.8, 4) is 0 Å². The average molecular weight is 507 g/mol. The van der Waals surface area contributed by atoms with Gasteiger partial charge in [0.1, 0.15) is 5.82 Å². The van der Waals surface area contributed by atoms with Crippen molar-refractivity contribution in [2.24, 2.45) is 4.99 Å². The fourth-order valence-electron chi connectivity index (χ4n) is 4.24. The molecule has 4 aromatic carbocycles. The molecule has 2 N–H and O–H groups in total. The van der Waals surface area contributed by atoms with Crippen molar-refractivity contribution in [2.75, 3.05) is 17.3 Å². The predicted molar refractivity (Wildman–Crippen MR) is 144 cm³/mol. The van der Waals surface area contributed by atoms with E-state index in [1.807, 2.05) is 6.07 Å². The second-order valence-corrected chi connectivity index (χ2v) is 8.65. The molecule has 1 atom stereocenters. The second kappa shape index (κ2) is 10.5. The number of benzene rings is 4. The number of likely N-dealkylation sites (N-methyl/N-ethyl adjacent to an activating group) is 1. The first-order chi connectivity index (χ1) is 18.4. The molecule has 0 radical (unpaired) electrons. The third-order valence-corrected chi connectivity index (χ3v) is 6.18. The van der Waals surface area contributed by atoms with E-state index in [9.17, 15) is 18.8 Å². The van der Waals surface area contributed by atoms with Gasteiger partial charge in [-0.1, -0.05) is 60.7 Å². The van der Waals surface area contributed by atoms with Crippen LogP contribution >= 0.6 is 0 Å². The average Bonchev–Trinajstić information content (AvgIpc) is 3.04. The number of aliphatic imine (C=N–C) groups is 1. The molecular weight excluding hydrogens is 483 g/mol. The fraction of sp³-hybridized carbons (Fsp3) is 0.0667. The van der Waals surface area contributed by atoms with Crippen LogP contribution in [0.4, 0.5) is 20.6 Å². The summed E-state index contributed by atoms with van der Waals surface area (Å²) in [5, 5.41) is 5.25. The predicted octanol–water partition coefficient (Wildman–Crippen LogP) is 5.02. The van der Waals surface area contributed by atoms with Crippen LogP contribution in [-0.2, 0) is 4.79 Å². The Balaban J connectivity index is 1.38. The second-order valence-electron chi connectivity index (χ2n) is 8.65. The highest BCUT2D eigenvalue weighted by Gasteiger charge is 2.31. The maximum Gasteiger partial charge on any atom is 0.321 e. The van der Waals surface area contributed by atoms with Gasteiger partial charge in [0.05, 0.1) is 11.4 Å². The van der Waals surface area contributed by atoms with Crippen LogP contribution < -0.4 is 15.5 Å². The number of anilines is 2. The van der Waals surface area contributed by atoms with Crippen molar-refractivity contribution < 1.29 is 18.8 Å². The van der Waals surface area contributed by atoms with E-state index >= 15 is 0 Å². The Bertz CT molecular complexity index is 1550. The topological polar surface area (TPSA) is 90.9 Å². The number of nitrogens with zero attached hydrogens (tertiary/aromatic N) is 2. The molecule has 0 saturated carbocycles. The van der Waals surface area contributed by atoms with Crippen LogP contribution in [0, 0.1) is 5.82 Å². The van der Waals surface area contributed by atoms with Crippen LogP contribution in [0.2, 0.25) is 0 Å². The maximum atomic E-state index is 14.8. The lowest BCUT2D eigenvalue weighted by Crippen LogP contribution is -2.47. The number of fused-ring (bicyclic) bond motifs is 1. The number of carbonyl (C=O) groups is 3. The lowest BCUT2D eigenvalue weighted by Gasteiger charge is -2.21. The van der Waals surface area contributed by atoms with Gasteiger partial charge in [-0.15, -0.1) is 0 Å². The SMILES string of the molecule is CN1C(=O)C(NC(=O)Nc2ccc(C(=O)c3ccccc3)cc2)N=C(c2ccccc2F)c2ccccc21. The molecule has 4 aromatic rings. The van der Waals surface area contributed by atoms with Crippen LogP contribution in [0.25, 0.3) is 0 Å². The molecule has 0 fully saturated rings. The number of amides is 3. The number of benzodiazepines with no additional fused rings is 1. The molecule has 188 valence electrons. The zero-order valence-electron chi connectivity index (χ0n) is 20.4. The molecule has 5 rings (SSSR count). The zero-order chi connectivity index (χ0) is 26.6. The van der Waals surface area contributed by atoms with Gasteiger partial charge in [0.2, 0.25) is 6.17 Å². The molecule has 1 aliphatic rings. The smallest absolute Gasteiger partial charge is 0.311 e. The van der Waals surface area contributed by atoms with Crippen LogP contribution in [0.15, 0.2) is 108 Å². The Hall–Kier alpha value is -5.11. The number of hydrogen-bond donors (Lipinski definition) is 2. The summed E-state index contributed by atoms with van der Waals surface area (Å²) in [6.07, 6.45) is -1.30. The van der Waals surface area contributed by atoms with Crippen molar-refractivity contribution in [1.29, 1.82) is 0 Å². The summed E-state index contributed by atoms with van der Waals surface area (Å²) in [4.78, 5) is 44.6. The molecule has 8 heteroatoms. The Morgan fingerprint density at radius 2 is 1.39 bits per heavy atom. The number of ketones is 1. The first kappa shape index (κ1) is 24.6. The molecule has 1 aliphatic heterocycles. The van der Waals surface area contributed by atoms with Gasteiger partial charge in [0.25, 0.3) is 5.91 Å². The molecule has 1 heterocycles. The monoisotopic (exact) mass is 506 g/mol. The summed E-state index contributed by atoms with van der Waals surface area (Å²) in [6, 6.07) is 27.8. The standard InChI is InChI=1S/C30H23FN4O3/c1-35-25-14-8-6-12-23(25)26(22-11-5-7-13-24(22)31)33-28(29(35)37)34-30(38)32-21-17-15-20(16-18-21)27(36)19-9-3-2-4-10-19/h2-18,28H,1H3,(H2,32,34,38). The number of carbonyl (C=O) groups excluding carboxylic acids is 3. The maximum absolute atomic E-state index is 14.8. The van der Waals surface area contributed by atoms with Gasteiger partial charge in [-0.25, -0.2) is 14.2 Å². The Morgan fingerprint density at radius 3 is 2.11 bits per heavy atom. The van der Waals surface area contributed by atoms with E-state index in [4.69, 9.17) is 0 Å². The Labute approximate surface area is 218 Å². The summed E-state index contributed by atoms with van der Waals surface area (Å²) in [5.41, 5.74) is 3.04. The van der Waals surface area contributed by atoms with E-state index < -0.39 is 23.9 Å². The number of para-hydroxylation sites is 1. The fourth-order valence-corrected chi connectivity index (χ4v) is 4.24. The minimum atomic E-state index is -1.30.